The van der Waals surface area contributed by atoms with Crippen LogP contribution in [0.1, 0.15) is 23.2 Å². The molecule has 0 unspecified atom stereocenters. The third-order valence-electron chi connectivity index (χ3n) is 2.10. The lowest BCUT2D eigenvalue weighted by Gasteiger charge is -2.05. The van der Waals surface area contributed by atoms with E-state index in [-0.39, 0.29) is 5.97 Å². The number of esters is 1. The van der Waals surface area contributed by atoms with Crippen LogP contribution in [0.3, 0.4) is 0 Å². The zero-order chi connectivity index (χ0) is 11.8. The Bertz CT molecular complexity index is 341. The molecule has 0 aliphatic heterocycles. The van der Waals surface area contributed by atoms with Gasteiger partial charge in [-0.05, 0) is 37.1 Å². The average Bonchev–Trinajstić information content (AvgIpc) is 2.34. The summed E-state index contributed by atoms with van der Waals surface area (Å²) >= 11 is 0. The summed E-state index contributed by atoms with van der Waals surface area (Å²) in [6, 6.07) is 6.91. The zero-order valence-corrected chi connectivity index (χ0v) is 9.44. The van der Waals surface area contributed by atoms with Gasteiger partial charge in [0, 0.05) is 0 Å². The highest BCUT2D eigenvalue weighted by molar-refractivity contribution is 5.89. The van der Waals surface area contributed by atoms with Crippen LogP contribution in [0, 0.1) is 0 Å². The molecule has 0 saturated heterocycles. The number of allylic oxidation sites excluding steroid dienone is 1. The molecule has 1 aromatic rings. The van der Waals surface area contributed by atoms with Crippen LogP contribution in [0.25, 0.3) is 0 Å². The van der Waals surface area contributed by atoms with Crippen LogP contribution in [-0.4, -0.2) is 19.7 Å². The fourth-order valence-corrected chi connectivity index (χ4v) is 1.22. The third-order valence-corrected chi connectivity index (χ3v) is 2.10. The molecule has 1 aromatic carbocycles. The van der Waals surface area contributed by atoms with Crippen molar-refractivity contribution in [3.8, 4) is 5.75 Å². The first kappa shape index (κ1) is 12.3. The molecule has 0 aliphatic carbocycles. The molecule has 1 rings (SSSR count). The Hall–Kier alpha value is -1.77. The molecular formula is C13H16O3. The Morgan fingerprint density at radius 3 is 2.62 bits per heavy atom. The minimum absolute atomic E-state index is 0.335. The molecule has 86 valence electrons. The Labute approximate surface area is 95.7 Å². The fourth-order valence-electron chi connectivity index (χ4n) is 1.22. The van der Waals surface area contributed by atoms with Crippen LogP contribution in [0.2, 0.25) is 0 Å². The summed E-state index contributed by atoms with van der Waals surface area (Å²) in [5, 5.41) is 0. The molecule has 0 radical (unpaired) electrons. The van der Waals surface area contributed by atoms with Gasteiger partial charge in [-0.15, -0.1) is 6.58 Å². The van der Waals surface area contributed by atoms with Crippen LogP contribution >= 0.6 is 0 Å². The van der Waals surface area contributed by atoms with E-state index in [1.165, 1.54) is 7.11 Å². The second-order valence-corrected chi connectivity index (χ2v) is 3.30. The SMILES string of the molecule is C=CCCCOc1ccc(C(=O)OC)cc1. The Morgan fingerprint density at radius 1 is 1.38 bits per heavy atom. The molecule has 0 saturated carbocycles. The van der Waals surface area contributed by atoms with Gasteiger partial charge in [0.15, 0.2) is 0 Å². The maximum Gasteiger partial charge on any atom is 0.337 e. The predicted octanol–water partition coefficient (Wildman–Crippen LogP) is 2.82. The van der Waals surface area contributed by atoms with E-state index in [9.17, 15) is 4.79 Å². The summed E-state index contributed by atoms with van der Waals surface area (Å²) in [5.74, 6) is 0.426. The lowest BCUT2D eigenvalue weighted by molar-refractivity contribution is 0.0600. The number of hydrogen-bond acceptors (Lipinski definition) is 3. The third kappa shape index (κ3) is 3.77. The number of carbonyl (C=O) groups is 1. The molecule has 0 N–H and O–H groups in total. The molecule has 3 heteroatoms. The van der Waals surface area contributed by atoms with Gasteiger partial charge < -0.3 is 9.47 Å². The summed E-state index contributed by atoms with van der Waals surface area (Å²) < 4.78 is 10.1. The Kier molecular flexibility index (Phi) is 5.12. The second kappa shape index (κ2) is 6.67. The van der Waals surface area contributed by atoms with E-state index >= 15 is 0 Å². The predicted molar refractivity (Wildman–Crippen MR) is 62.7 cm³/mol. The summed E-state index contributed by atoms with van der Waals surface area (Å²) in [6.07, 6.45) is 3.76. The molecule has 0 amide bonds. The van der Waals surface area contributed by atoms with E-state index in [0.29, 0.717) is 12.2 Å². The lowest BCUT2D eigenvalue weighted by atomic mass is 10.2. The standard InChI is InChI=1S/C13H16O3/c1-3-4-5-10-16-12-8-6-11(7-9-12)13(14)15-2/h3,6-9H,1,4-5,10H2,2H3. The number of unbranched alkanes of at least 4 members (excludes halogenated alkanes) is 1. The zero-order valence-electron chi connectivity index (χ0n) is 9.44. The van der Waals surface area contributed by atoms with Crippen molar-refractivity contribution in [1.29, 1.82) is 0 Å². The first-order valence-corrected chi connectivity index (χ1v) is 5.20. The monoisotopic (exact) mass is 220 g/mol. The lowest BCUT2D eigenvalue weighted by Crippen LogP contribution is -2.01. The van der Waals surface area contributed by atoms with Crippen molar-refractivity contribution in [3.05, 3.63) is 42.5 Å². The van der Waals surface area contributed by atoms with E-state index in [4.69, 9.17) is 4.74 Å². The highest BCUT2D eigenvalue weighted by Crippen LogP contribution is 2.13. The summed E-state index contributed by atoms with van der Waals surface area (Å²) in [5.41, 5.74) is 0.529. The van der Waals surface area contributed by atoms with Gasteiger partial charge in [-0.25, -0.2) is 4.79 Å². The number of carbonyl (C=O) groups excluding carboxylic acids is 1. The Balaban J connectivity index is 2.45. The molecule has 0 atom stereocenters. The van der Waals surface area contributed by atoms with Gasteiger partial charge in [0.05, 0.1) is 19.3 Å². The maximum atomic E-state index is 11.1. The van der Waals surface area contributed by atoms with Crippen LogP contribution in [-0.2, 0) is 4.74 Å². The quantitative estimate of drug-likeness (QED) is 0.420. The number of methoxy groups -OCH3 is 1. The average molecular weight is 220 g/mol. The molecule has 0 spiro atoms. The van der Waals surface area contributed by atoms with Gasteiger partial charge in [-0.1, -0.05) is 6.08 Å². The highest BCUT2D eigenvalue weighted by Gasteiger charge is 2.04. The minimum atomic E-state index is -0.335. The summed E-state index contributed by atoms with van der Waals surface area (Å²) in [6.45, 7) is 4.30. The van der Waals surface area contributed by atoms with Crippen molar-refractivity contribution in [3.63, 3.8) is 0 Å². The molecule has 0 bridgehead atoms. The van der Waals surface area contributed by atoms with E-state index in [1.54, 1.807) is 24.3 Å². The number of rotatable bonds is 6. The first-order chi connectivity index (χ1) is 7.77. The molecular weight excluding hydrogens is 204 g/mol. The summed E-state index contributed by atoms with van der Waals surface area (Å²) in [7, 11) is 1.36. The highest BCUT2D eigenvalue weighted by atomic mass is 16.5. The van der Waals surface area contributed by atoms with Crippen molar-refractivity contribution in [2.75, 3.05) is 13.7 Å². The number of ether oxygens (including phenoxy) is 2. The topological polar surface area (TPSA) is 35.5 Å². The van der Waals surface area contributed by atoms with Gasteiger partial charge >= 0.3 is 5.97 Å². The van der Waals surface area contributed by atoms with Crippen LogP contribution < -0.4 is 4.74 Å². The van der Waals surface area contributed by atoms with E-state index < -0.39 is 0 Å². The molecule has 0 heterocycles. The largest absolute Gasteiger partial charge is 0.494 e. The normalized spacial score (nSPS) is 9.56. The van der Waals surface area contributed by atoms with Crippen molar-refractivity contribution >= 4 is 5.97 Å². The van der Waals surface area contributed by atoms with Crippen LogP contribution in [0.15, 0.2) is 36.9 Å². The minimum Gasteiger partial charge on any atom is -0.494 e. The van der Waals surface area contributed by atoms with Gasteiger partial charge in [-0.2, -0.15) is 0 Å². The molecule has 0 aliphatic rings. The van der Waals surface area contributed by atoms with E-state index in [2.05, 4.69) is 11.3 Å². The van der Waals surface area contributed by atoms with Gasteiger partial charge in [-0.3, -0.25) is 0 Å². The molecule has 0 aromatic heterocycles. The first-order valence-electron chi connectivity index (χ1n) is 5.20. The van der Waals surface area contributed by atoms with Crippen molar-refractivity contribution < 1.29 is 14.3 Å². The fraction of sp³-hybridized carbons (Fsp3) is 0.308. The molecule has 0 fully saturated rings. The molecule has 16 heavy (non-hydrogen) atoms. The van der Waals surface area contributed by atoms with Crippen molar-refractivity contribution in [2.24, 2.45) is 0 Å². The van der Waals surface area contributed by atoms with Crippen LogP contribution in [0.4, 0.5) is 0 Å². The van der Waals surface area contributed by atoms with E-state index in [0.717, 1.165) is 18.6 Å². The summed E-state index contributed by atoms with van der Waals surface area (Å²) in [4.78, 5) is 11.1. The number of hydrogen-bond donors (Lipinski definition) is 0. The number of benzene rings is 1. The Morgan fingerprint density at radius 2 is 2.06 bits per heavy atom. The van der Waals surface area contributed by atoms with Gasteiger partial charge in [0.1, 0.15) is 5.75 Å². The maximum absolute atomic E-state index is 11.1. The molecule has 3 nitrogen and oxygen atoms in total. The van der Waals surface area contributed by atoms with Gasteiger partial charge in [0.25, 0.3) is 0 Å². The second-order valence-electron chi connectivity index (χ2n) is 3.30. The smallest absolute Gasteiger partial charge is 0.337 e. The van der Waals surface area contributed by atoms with Gasteiger partial charge in [0.2, 0.25) is 0 Å². The van der Waals surface area contributed by atoms with Crippen LogP contribution in [0.5, 0.6) is 5.75 Å². The van der Waals surface area contributed by atoms with Crippen molar-refractivity contribution in [1.82, 2.24) is 0 Å². The van der Waals surface area contributed by atoms with Crippen molar-refractivity contribution in [2.45, 2.75) is 12.8 Å². The van der Waals surface area contributed by atoms with E-state index in [1.807, 2.05) is 6.08 Å².